The molecule has 2 aromatic carbocycles. The average Bonchev–Trinajstić information content (AvgIpc) is 2.86. The molecule has 1 aliphatic heterocycles. The number of para-hydroxylation sites is 1. The Morgan fingerprint density at radius 1 is 1.00 bits per heavy atom. The number of hydrogen-bond acceptors (Lipinski definition) is 6. The Labute approximate surface area is 232 Å². The van der Waals surface area contributed by atoms with Crippen molar-refractivity contribution in [3.05, 3.63) is 70.4 Å². The first-order chi connectivity index (χ1) is 18.7. The highest BCUT2D eigenvalue weighted by molar-refractivity contribution is 6.32. The Morgan fingerprint density at radius 2 is 1.65 bits per heavy atom. The van der Waals surface area contributed by atoms with Crippen molar-refractivity contribution in [3.8, 4) is 0 Å². The van der Waals surface area contributed by atoms with Gasteiger partial charge in [0, 0.05) is 17.9 Å². The number of nitrogens with one attached hydrogen (secondary N) is 3. The monoisotopic (exact) mass is 587 g/mol. The van der Waals surface area contributed by atoms with E-state index in [1.165, 1.54) is 6.20 Å². The molecule has 13 heteroatoms. The Morgan fingerprint density at radius 3 is 2.27 bits per heavy atom. The first-order valence-corrected chi connectivity index (χ1v) is 12.9. The molecule has 3 unspecified atom stereocenters. The second-order valence-electron chi connectivity index (χ2n) is 9.92. The van der Waals surface area contributed by atoms with Gasteiger partial charge in [0.1, 0.15) is 11.3 Å². The third-order valence-electron chi connectivity index (χ3n) is 6.46. The number of hydrogen-bond donors (Lipinski definition) is 3. The van der Waals surface area contributed by atoms with Crippen LogP contribution in [0.25, 0.3) is 0 Å². The van der Waals surface area contributed by atoms with Gasteiger partial charge in [-0.15, -0.1) is 0 Å². The summed E-state index contributed by atoms with van der Waals surface area (Å²) in [7, 11) is 0. The van der Waals surface area contributed by atoms with Gasteiger partial charge in [-0.3, -0.25) is 5.32 Å². The van der Waals surface area contributed by atoms with Gasteiger partial charge >= 0.3 is 12.4 Å². The Bertz CT molecular complexity index is 1300. The fraction of sp³-hybridized carbons (Fsp3) is 0.407. The summed E-state index contributed by atoms with van der Waals surface area (Å²) in [5.74, 6) is 0.290. The molecule has 1 fully saturated rings. The van der Waals surface area contributed by atoms with Crippen LogP contribution in [0.1, 0.15) is 49.8 Å². The van der Waals surface area contributed by atoms with Gasteiger partial charge in [0.15, 0.2) is 5.82 Å². The van der Waals surface area contributed by atoms with Gasteiger partial charge in [-0.05, 0) is 61.9 Å². The lowest BCUT2D eigenvalue weighted by molar-refractivity contribution is -0.143. The number of benzene rings is 2. The minimum atomic E-state index is -4.99. The zero-order valence-electron chi connectivity index (χ0n) is 21.8. The van der Waals surface area contributed by atoms with Gasteiger partial charge in [0.05, 0.1) is 23.4 Å². The maximum absolute atomic E-state index is 13.3. The third-order valence-corrected chi connectivity index (χ3v) is 6.74. The molecule has 3 aromatic rings. The molecule has 1 aromatic heterocycles. The largest absolute Gasteiger partial charge is 0.416 e. The number of aromatic nitrogens is 2. The average molecular weight is 588 g/mol. The zero-order chi connectivity index (χ0) is 29.2. The Kier molecular flexibility index (Phi) is 8.81. The summed E-state index contributed by atoms with van der Waals surface area (Å²) in [6, 6.07) is 8.74. The van der Waals surface area contributed by atoms with Crippen molar-refractivity contribution in [1.29, 1.82) is 0 Å². The number of halogens is 7. The number of anilines is 4. The van der Waals surface area contributed by atoms with Gasteiger partial charge in [0.25, 0.3) is 0 Å². The highest BCUT2D eigenvalue weighted by Crippen LogP contribution is 2.40. The molecule has 1 saturated heterocycles. The predicted octanol–water partition coefficient (Wildman–Crippen LogP) is 8.12. The number of rotatable bonds is 7. The van der Waals surface area contributed by atoms with Crippen molar-refractivity contribution >= 4 is 34.7 Å². The minimum Gasteiger partial charge on any atom is -0.361 e. The van der Waals surface area contributed by atoms with Crippen LogP contribution in [0.3, 0.4) is 0 Å². The van der Waals surface area contributed by atoms with E-state index in [-0.39, 0.29) is 47.0 Å². The van der Waals surface area contributed by atoms with Crippen LogP contribution in [0.15, 0.2) is 48.7 Å². The summed E-state index contributed by atoms with van der Waals surface area (Å²) < 4.78 is 85.6. The van der Waals surface area contributed by atoms with Gasteiger partial charge in [-0.1, -0.05) is 36.7 Å². The standard InChI is InChI=1S/C27H28ClF6N5O/c1-14(2)40-23-11-20(15(3)12-35-23)19-6-4-5-7-22(19)38-24-21(28)13-36-25(39-24)37-18-9-16(26(29,30)31)8-17(10-18)27(32,33)34/h4-10,13-15,20,23,35H,11-12H2,1-3H3,(H2,36,37,38,39). The van der Waals surface area contributed by atoms with E-state index in [0.29, 0.717) is 17.8 Å². The molecule has 0 radical (unpaired) electrons. The van der Waals surface area contributed by atoms with Crippen LogP contribution >= 0.6 is 11.6 Å². The Balaban J connectivity index is 1.62. The van der Waals surface area contributed by atoms with Crippen molar-refractivity contribution in [3.63, 3.8) is 0 Å². The zero-order valence-corrected chi connectivity index (χ0v) is 22.5. The highest BCUT2D eigenvalue weighted by Gasteiger charge is 2.37. The van der Waals surface area contributed by atoms with Gasteiger partial charge in [-0.2, -0.15) is 31.3 Å². The van der Waals surface area contributed by atoms with Gasteiger partial charge in [0.2, 0.25) is 5.95 Å². The summed E-state index contributed by atoms with van der Waals surface area (Å²) in [5, 5.41) is 9.13. The second-order valence-corrected chi connectivity index (χ2v) is 10.3. The van der Waals surface area contributed by atoms with Crippen molar-refractivity contribution in [1.82, 2.24) is 15.3 Å². The van der Waals surface area contributed by atoms with Crippen molar-refractivity contribution in [2.45, 2.75) is 57.8 Å². The predicted molar refractivity (Wildman–Crippen MR) is 141 cm³/mol. The first kappa shape index (κ1) is 29.9. The molecule has 0 bridgehead atoms. The SMILES string of the molecule is CC(C)OC1CC(c2ccccc2Nc2nc(Nc3cc(C(F)(F)F)cc(C(F)(F)F)c3)ncc2Cl)C(C)CN1. The lowest BCUT2D eigenvalue weighted by Crippen LogP contribution is -2.44. The number of nitrogens with zero attached hydrogens (tertiary/aromatic N) is 2. The molecule has 0 saturated carbocycles. The maximum Gasteiger partial charge on any atom is 0.416 e. The fourth-order valence-corrected chi connectivity index (χ4v) is 4.74. The van der Waals surface area contributed by atoms with Crippen LogP contribution in [0, 0.1) is 5.92 Å². The minimum absolute atomic E-state index is 0.0507. The topological polar surface area (TPSA) is 71.1 Å². The summed E-state index contributed by atoms with van der Waals surface area (Å²) in [4.78, 5) is 8.18. The van der Waals surface area contributed by atoms with E-state index in [1.54, 1.807) is 0 Å². The van der Waals surface area contributed by atoms with E-state index < -0.39 is 29.2 Å². The van der Waals surface area contributed by atoms with E-state index in [0.717, 1.165) is 18.5 Å². The molecule has 6 nitrogen and oxygen atoms in total. The Hall–Kier alpha value is -3.09. The molecular formula is C27H28ClF6N5O. The normalized spacial score (nSPS) is 20.0. The first-order valence-electron chi connectivity index (χ1n) is 12.5. The van der Waals surface area contributed by atoms with E-state index >= 15 is 0 Å². The lowest BCUT2D eigenvalue weighted by atomic mass is 9.81. The van der Waals surface area contributed by atoms with Gasteiger partial charge < -0.3 is 15.4 Å². The summed E-state index contributed by atoms with van der Waals surface area (Å²) in [6.07, 6.45) is -8.12. The van der Waals surface area contributed by atoms with Crippen molar-refractivity contribution < 1.29 is 31.1 Å². The van der Waals surface area contributed by atoms with Gasteiger partial charge in [-0.25, -0.2) is 4.98 Å². The quantitative estimate of drug-likeness (QED) is 0.243. The number of piperidine rings is 1. The molecule has 0 aliphatic carbocycles. The van der Waals surface area contributed by atoms with Crippen molar-refractivity contribution in [2.24, 2.45) is 5.92 Å². The van der Waals surface area contributed by atoms with Crippen LogP contribution < -0.4 is 16.0 Å². The van der Waals surface area contributed by atoms with E-state index in [1.807, 2.05) is 38.1 Å². The summed E-state index contributed by atoms with van der Waals surface area (Å²) in [6.45, 7) is 6.81. The van der Waals surface area contributed by atoms with Crippen molar-refractivity contribution in [2.75, 3.05) is 17.2 Å². The van der Waals surface area contributed by atoms with Crippen LogP contribution in [-0.2, 0) is 17.1 Å². The molecule has 4 rings (SSSR count). The molecule has 3 N–H and O–H groups in total. The molecular weight excluding hydrogens is 560 g/mol. The molecule has 40 heavy (non-hydrogen) atoms. The highest BCUT2D eigenvalue weighted by atomic mass is 35.5. The lowest BCUT2D eigenvalue weighted by Gasteiger charge is -2.37. The van der Waals surface area contributed by atoms with Crippen LogP contribution in [-0.4, -0.2) is 28.8 Å². The smallest absolute Gasteiger partial charge is 0.361 e. The number of alkyl halides is 6. The number of ether oxygens (including phenoxy) is 1. The van der Waals surface area contributed by atoms with Crippen LogP contribution in [0.5, 0.6) is 0 Å². The molecule has 1 aliphatic rings. The summed E-state index contributed by atoms with van der Waals surface area (Å²) in [5.41, 5.74) is -1.69. The second kappa shape index (κ2) is 11.8. The molecule has 3 atom stereocenters. The van der Waals surface area contributed by atoms with E-state index in [9.17, 15) is 26.3 Å². The van der Waals surface area contributed by atoms with E-state index in [2.05, 4.69) is 32.8 Å². The molecule has 216 valence electrons. The maximum atomic E-state index is 13.3. The fourth-order valence-electron chi connectivity index (χ4n) is 4.60. The molecule has 0 amide bonds. The van der Waals surface area contributed by atoms with Crippen LogP contribution in [0.2, 0.25) is 5.02 Å². The summed E-state index contributed by atoms with van der Waals surface area (Å²) >= 11 is 6.32. The van der Waals surface area contributed by atoms with E-state index in [4.69, 9.17) is 16.3 Å². The van der Waals surface area contributed by atoms with Crippen LogP contribution in [0.4, 0.5) is 49.5 Å². The molecule has 2 heterocycles. The third kappa shape index (κ3) is 7.35. The molecule has 0 spiro atoms.